The minimum atomic E-state index is -0.655. The summed E-state index contributed by atoms with van der Waals surface area (Å²) in [6.07, 6.45) is 1.18. The van der Waals surface area contributed by atoms with Crippen molar-refractivity contribution in [1.29, 1.82) is 0 Å². The molecule has 0 radical (unpaired) electrons. The van der Waals surface area contributed by atoms with Gasteiger partial charge in [0.15, 0.2) is 0 Å². The van der Waals surface area contributed by atoms with Crippen molar-refractivity contribution in [3.8, 4) is 5.75 Å². The third-order valence-electron chi connectivity index (χ3n) is 2.81. The lowest BCUT2D eigenvalue weighted by Crippen LogP contribution is -2.42. The molecule has 110 valence electrons. The van der Waals surface area contributed by atoms with E-state index in [-0.39, 0.29) is 24.0 Å². The number of carbonyl (C=O) groups excluding carboxylic acids is 2. The van der Waals surface area contributed by atoms with Gasteiger partial charge in [-0.3, -0.25) is 9.59 Å². The van der Waals surface area contributed by atoms with E-state index in [9.17, 15) is 9.59 Å². The van der Waals surface area contributed by atoms with E-state index >= 15 is 0 Å². The summed E-state index contributed by atoms with van der Waals surface area (Å²) in [5.74, 6) is -0.384. The van der Waals surface area contributed by atoms with Crippen molar-refractivity contribution in [1.82, 2.24) is 5.32 Å². The molecule has 1 rings (SSSR count). The molecule has 1 aromatic carbocycles. The summed E-state index contributed by atoms with van der Waals surface area (Å²) in [5, 5.41) is 11.8. The molecule has 0 aliphatic carbocycles. The Bertz CT molecular complexity index is 445. The molecule has 0 saturated carbocycles. The highest BCUT2D eigenvalue weighted by molar-refractivity contribution is 5.81. The Morgan fingerprint density at radius 2 is 2.00 bits per heavy atom. The first-order valence-electron chi connectivity index (χ1n) is 6.41. The second-order valence-corrected chi connectivity index (χ2v) is 4.45. The molecule has 1 aromatic rings. The number of nitrogens with one attached hydrogen (secondary N) is 1. The third-order valence-corrected chi connectivity index (χ3v) is 2.81. The van der Waals surface area contributed by atoms with E-state index in [2.05, 4.69) is 10.1 Å². The SMILES string of the molecule is COC(=O)CCCNC(=O)C(N)Cc1ccc(O)cc1. The zero-order valence-electron chi connectivity index (χ0n) is 11.5. The first-order valence-corrected chi connectivity index (χ1v) is 6.41. The van der Waals surface area contributed by atoms with Gasteiger partial charge in [-0.1, -0.05) is 12.1 Å². The van der Waals surface area contributed by atoms with Crippen LogP contribution in [-0.4, -0.2) is 36.7 Å². The van der Waals surface area contributed by atoms with Crippen LogP contribution in [0.1, 0.15) is 18.4 Å². The van der Waals surface area contributed by atoms with Crippen LogP contribution in [0.3, 0.4) is 0 Å². The monoisotopic (exact) mass is 280 g/mol. The van der Waals surface area contributed by atoms with Gasteiger partial charge < -0.3 is 20.9 Å². The Kier molecular flexibility index (Phi) is 6.52. The van der Waals surface area contributed by atoms with Crippen LogP contribution in [0.15, 0.2) is 24.3 Å². The minimum absolute atomic E-state index is 0.176. The number of hydrogen-bond donors (Lipinski definition) is 3. The van der Waals surface area contributed by atoms with Crippen LogP contribution in [0.4, 0.5) is 0 Å². The summed E-state index contributed by atoms with van der Waals surface area (Å²) in [7, 11) is 1.33. The number of amides is 1. The Morgan fingerprint density at radius 3 is 2.60 bits per heavy atom. The molecule has 1 unspecified atom stereocenters. The van der Waals surface area contributed by atoms with Crippen LogP contribution < -0.4 is 11.1 Å². The second-order valence-electron chi connectivity index (χ2n) is 4.45. The van der Waals surface area contributed by atoms with Crippen molar-refractivity contribution in [3.63, 3.8) is 0 Å². The summed E-state index contributed by atoms with van der Waals surface area (Å²) in [6, 6.07) is 5.89. The van der Waals surface area contributed by atoms with Gasteiger partial charge in [0.05, 0.1) is 13.2 Å². The van der Waals surface area contributed by atoms with Gasteiger partial charge in [-0.25, -0.2) is 0 Å². The van der Waals surface area contributed by atoms with Gasteiger partial charge in [0, 0.05) is 13.0 Å². The molecule has 1 atom stereocenters. The summed E-state index contributed by atoms with van der Waals surface area (Å²) >= 11 is 0. The molecule has 4 N–H and O–H groups in total. The lowest BCUT2D eigenvalue weighted by atomic mass is 10.1. The molecule has 0 saturated heterocycles. The average molecular weight is 280 g/mol. The summed E-state index contributed by atoms with van der Waals surface area (Å²) < 4.78 is 4.50. The summed E-state index contributed by atoms with van der Waals surface area (Å²) in [5.41, 5.74) is 6.66. The molecule has 0 heterocycles. The Morgan fingerprint density at radius 1 is 1.35 bits per heavy atom. The van der Waals surface area contributed by atoms with E-state index in [1.807, 2.05) is 0 Å². The fraction of sp³-hybridized carbons (Fsp3) is 0.429. The molecular weight excluding hydrogens is 260 g/mol. The number of aromatic hydroxyl groups is 1. The van der Waals surface area contributed by atoms with Gasteiger partial charge in [0.25, 0.3) is 0 Å². The van der Waals surface area contributed by atoms with Gasteiger partial charge in [0.2, 0.25) is 5.91 Å². The highest BCUT2D eigenvalue weighted by atomic mass is 16.5. The number of nitrogens with two attached hydrogens (primary N) is 1. The van der Waals surface area contributed by atoms with Crippen molar-refractivity contribution in [2.45, 2.75) is 25.3 Å². The molecule has 0 aliphatic heterocycles. The number of ether oxygens (including phenoxy) is 1. The molecule has 6 nitrogen and oxygen atoms in total. The molecule has 0 bridgehead atoms. The van der Waals surface area contributed by atoms with Crippen LogP contribution >= 0.6 is 0 Å². The average Bonchev–Trinajstić information content (AvgIpc) is 2.45. The second kappa shape index (κ2) is 8.16. The van der Waals surface area contributed by atoms with Crippen LogP contribution in [0.2, 0.25) is 0 Å². The predicted octanol–water partition coefficient (Wildman–Crippen LogP) is 0.331. The number of phenolic OH excluding ortho intramolecular Hbond substituents is 1. The van der Waals surface area contributed by atoms with E-state index in [4.69, 9.17) is 10.8 Å². The summed E-state index contributed by atoms with van der Waals surface area (Å²) in [6.45, 7) is 0.386. The Labute approximate surface area is 117 Å². The van der Waals surface area contributed by atoms with E-state index in [0.29, 0.717) is 19.4 Å². The molecule has 20 heavy (non-hydrogen) atoms. The molecule has 0 spiro atoms. The first kappa shape index (κ1) is 16.0. The fourth-order valence-electron chi connectivity index (χ4n) is 1.66. The maximum absolute atomic E-state index is 11.7. The molecule has 0 fully saturated rings. The number of methoxy groups -OCH3 is 1. The number of phenols is 1. The van der Waals surface area contributed by atoms with Crippen LogP contribution in [0, 0.1) is 0 Å². The van der Waals surface area contributed by atoms with E-state index in [0.717, 1.165) is 5.56 Å². The summed E-state index contributed by atoms with van der Waals surface area (Å²) in [4.78, 5) is 22.6. The fourth-order valence-corrected chi connectivity index (χ4v) is 1.66. The van der Waals surface area contributed by atoms with E-state index < -0.39 is 6.04 Å². The van der Waals surface area contributed by atoms with Crippen LogP contribution in [-0.2, 0) is 20.7 Å². The molecule has 6 heteroatoms. The lowest BCUT2D eigenvalue weighted by Gasteiger charge is -2.12. The van der Waals surface area contributed by atoms with Crippen molar-refractivity contribution in [2.75, 3.05) is 13.7 Å². The molecule has 0 aromatic heterocycles. The quantitative estimate of drug-likeness (QED) is 0.493. The smallest absolute Gasteiger partial charge is 0.305 e. The van der Waals surface area contributed by atoms with Crippen molar-refractivity contribution in [3.05, 3.63) is 29.8 Å². The Hall–Kier alpha value is -2.08. The van der Waals surface area contributed by atoms with Crippen molar-refractivity contribution >= 4 is 11.9 Å². The van der Waals surface area contributed by atoms with Crippen LogP contribution in [0.25, 0.3) is 0 Å². The number of hydrogen-bond acceptors (Lipinski definition) is 5. The maximum Gasteiger partial charge on any atom is 0.305 e. The van der Waals surface area contributed by atoms with Gasteiger partial charge in [-0.15, -0.1) is 0 Å². The molecule has 0 aliphatic rings. The van der Waals surface area contributed by atoms with Gasteiger partial charge in [-0.05, 0) is 30.5 Å². The topological polar surface area (TPSA) is 102 Å². The molecular formula is C14H20N2O4. The normalized spacial score (nSPS) is 11.7. The highest BCUT2D eigenvalue weighted by Crippen LogP contribution is 2.10. The first-order chi connectivity index (χ1) is 9.52. The molecule has 1 amide bonds. The number of carbonyl (C=O) groups is 2. The number of benzene rings is 1. The number of rotatable bonds is 7. The lowest BCUT2D eigenvalue weighted by molar-refractivity contribution is -0.140. The zero-order valence-corrected chi connectivity index (χ0v) is 11.5. The Balaban J connectivity index is 2.28. The maximum atomic E-state index is 11.7. The van der Waals surface area contributed by atoms with Crippen LogP contribution in [0.5, 0.6) is 5.75 Å². The van der Waals surface area contributed by atoms with Crippen molar-refractivity contribution in [2.24, 2.45) is 5.73 Å². The minimum Gasteiger partial charge on any atom is -0.508 e. The zero-order chi connectivity index (χ0) is 15.0. The predicted molar refractivity (Wildman–Crippen MR) is 74.0 cm³/mol. The van der Waals surface area contributed by atoms with Gasteiger partial charge in [0.1, 0.15) is 5.75 Å². The van der Waals surface area contributed by atoms with E-state index in [1.165, 1.54) is 7.11 Å². The van der Waals surface area contributed by atoms with Crippen molar-refractivity contribution < 1.29 is 19.4 Å². The standard InChI is InChI=1S/C14H20N2O4/c1-20-13(18)3-2-8-16-14(19)12(15)9-10-4-6-11(17)7-5-10/h4-7,12,17H,2-3,8-9,15H2,1H3,(H,16,19). The van der Waals surface area contributed by atoms with Gasteiger partial charge in [-0.2, -0.15) is 0 Å². The highest BCUT2D eigenvalue weighted by Gasteiger charge is 2.13. The van der Waals surface area contributed by atoms with E-state index in [1.54, 1.807) is 24.3 Å². The van der Waals surface area contributed by atoms with Gasteiger partial charge >= 0.3 is 5.97 Å². The largest absolute Gasteiger partial charge is 0.508 e. The third kappa shape index (κ3) is 5.71. The number of esters is 1.